The highest BCUT2D eigenvalue weighted by molar-refractivity contribution is 5.85. The zero-order chi connectivity index (χ0) is 15.8. The van der Waals surface area contributed by atoms with Crippen LogP contribution in [-0.2, 0) is 4.79 Å². The number of anilines is 2. The van der Waals surface area contributed by atoms with Crippen LogP contribution < -0.4 is 21.1 Å². The van der Waals surface area contributed by atoms with Crippen molar-refractivity contribution in [2.24, 2.45) is 5.92 Å². The van der Waals surface area contributed by atoms with Crippen molar-refractivity contribution in [3.05, 3.63) is 6.33 Å². The zero-order valence-corrected chi connectivity index (χ0v) is 13.1. The Morgan fingerprint density at radius 1 is 1.38 bits per heavy atom. The van der Waals surface area contributed by atoms with Crippen LogP contribution in [0.3, 0.4) is 0 Å². The van der Waals surface area contributed by atoms with E-state index in [-0.39, 0.29) is 5.91 Å². The van der Waals surface area contributed by atoms with E-state index in [0.29, 0.717) is 36.5 Å². The largest absolute Gasteiger partial charge is 0.476 e. The fourth-order valence-electron chi connectivity index (χ4n) is 1.54. The number of nitrogens with zero attached hydrogens (tertiary/aromatic N) is 2. The molecule has 4 N–H and O–H groups in total. The molecule has 0 aromatic carbocycles. The molecule has 1 aromatic heterocycles. The van der Waals surface area contributed by atoms with Gasteiger partial charge in [-0.05, 0) is 19.3 Å². The summed E-state index contributed by atoms with van der Waals surface area (Å²) < 4.78 is 5.43. The topological polar surface area (TPSA) is 102 Å². The van der Waals surface area contributed by atoms with E-state index in [1.807, 2.05) is 20.8 Å². The number of carbonyl (C=O) groups is 1. The van der Waals surface area contributed by atoms with Gasteiger partial charge < -0.3 is 21.1 Å². The van der Waals surface area contributed by atoms with Crippen LogP contribution in [0.25, 0.3) is 0 Å². The molecule has 0 fully saturated rings. The predicted octanol–water partition coefficient (Wildman–Crippen LogP) is 1.42. The van der Waals surface area contributed by atoms with Crippen LogP contribution in [0.2, 0.25) is 0 Å². The number of carbonyl (C=O) groups excluding carboxylic acids is 1. The number of nitrogens with one attached hydrogen (secondary N) is 2. The van der Waals surface area contributed by atoms with E-state index < -0.39 is 6.04 Å². The summed E-state index contributed by atoms with van der Waals surface area (Å²) >= 11 is 0. The second-order valence-corrected chi connectivity index (χ2v) is 5.29. The maximum atomic E-state index is 11.9. The number of hydrogen-bond acceptors (Lipinski definition) is 6. The van der Waals surface area contributed by atoms with Gasteiger partial charge in [-0.1, -0.05) is 20.8 Å². The van der Waals surface area contributed by atoms with Gasteiger partial charge in [0.05, 0.1) is 6.61 Å². The second kappa shape index (κ2) is 8.28. The lowest BCUT2D eigenvalue weighted by molar-refractivity contribution is -0.121. The average Bonchev–Trinajstić information content (AvgIpc) is 2.45. The first-order valence-electron chi connectivity index (χ1n) is 7.23. The van der Waals surface area contributed by atoms with Gasteiger partial charge in [-0.15, -0.1) is 0 Å². The zero-order valence-electron chi connectivity index (χ0n) is 13.1. The first-order chi connectivity index (χ1) is 9.95. The molecule has 118 valence electrons. The van der Waals surface area contributed by atoms with Gasteiger partial charge in [0.1, 0.15) is 18.1 Å². The third-order valence-electron chi connectivity index (χ3n) is 2.72. The molecular weight excluding hydrogens is 270 g/mol. The quantitative estimate of drug-likeness (QED) is 0.670. The van der Waals surface area contributed by atoms with Crippen molar-refractivity contribution in [2.75, 3.05) is 24.2 Å². The highest BCUT2D eigenvalue weighted by atomic mass is 16.5. The highest BCUT2D eigenvalue weighted by Gasteiger charge is 2.16. The summed E-state index contributed by atoms with van der Waals surface area (Å²) in [4.78, 5) is 20.0. The Labute approximate surface area is 125 Å². The van der Waals surface area contributed by atoms with Gasteiger partial charge in [0.15, 0.2) is 5.82 Å². The number of rotatable bonds is 8. The minimum atomic E-state index is -0.444. The predicted molar refractivity (Wildman–Crippen MR) is 83.2 cm³/mol. The number of aromatic nitrogens is 2. The molecule has 1 amide bonds. The lowest BCUT2D eigenvalue weighted by Crippen LogP contribution is -2.39. The maximum Gasteiger partial charge on any atom is 0.242 e. The molecule has 0 radical (unpaired) electrons. The Morgan fingerprint density at radius 3 is 2.71 bits per heavy atom. The lowest BCUT2D eigenvalue weighted by Gasteiger charge is -2.17. The van der Waals surface area contributed by atoms with Crippen LogP contribution in [0.4, 0.5) is 11.5 Å². The van der Waals surface area contributed by atoms with Crippen molar-refractivity contribution < 1.29 is 9.53 Å². The normalized spacial score (nSPS) is 12.0. The monoisotopic (exact) mass is 295 g/mol. The number of hydrogen-bond donors (Lipinski definition) is 3. The van der Waals surface area contributed by atoms with E-state index >= 15 is 0 Å². The summed E-state index contributed by atoms with van der Waals surface area (Å²) in [6.45, 7) is 9.00. The van der Waals surface area contributed by atoms with E-state index in [4.69, 9.17) is 10.5 Å². The molecule has 7 nitrogen and oxygen atoms in total. The molecule has 21 heavy (non-hydrogen) atoms. The van der Waals surface area contributed by atoms with Crippen molar-refractivity contribution in [1.29, 1.82) is 0 Å². The molecule has 7 heteroatoms. The first kappa shape index (κ1) is 17.0. The molecule has 0 bridgehead atoms. The Kier molecular flexibility index (Phi) is 6.71. The van der Waals surface area contributed by atoms with Crippen molar-refractivity contribution in [2.45, 2.75) is 40.2 Å². The molecule has 1 heterocycles. The summed E-state index contributed by atoms with van der Waals surface area (Å²) in [5, 5.41) is 5.84. The molecule has 0 saturated heterocycles. The van der Waals surface area contributed by atoms with Gasteiger partial charge in [-0.2, -0.15) is 4.98 Å². The van der Waals surface area contributed by atoms with Crippen LogP contribution in [0, 0.1) is 5.92 Å². The first-order valence-corrected chi connectivity index (χ1v) is 7.23. The third kappa shape index (κ3) is 5.45. The van der Waals surface area contributed by atoms with Gasteiger partial charge in [-0.3, -0.25) is 4.79 Å². The number of amides is 1. The molecule has 0 spiro atoms. The molecule has 1 rings (SSSR count). The second-order valence-electron chi connectivity index (χ2n) is 5.29. The van der Waals surface area contributed by atoms with Crippen LogP contribution in [-0.4, -0.2) is 35.1 Å². The minimum Gasteiger partial charge on any atom is -0.476 e. The fraction of sp³-hybridized carbons (Fsp3) is 0.643. The molecule has 1 aromatic rings. The van der Waals surface area contributed by atoms with Gasteiger partial charge in [0.2, 0.25) is 11.8 Å². The summed E-state index contributed by atoms with van der Waals surface area (Å²) in [5.74, 6) is 1.05. The fourth-order valence-corrected chi connectivity index (χ4v) is 1.54. The molecule has 0 aliphatic carbocycles. The third-order valence-corrected chi connectivity index (χ3v) is 2.72. The van der Waals surface area contributed by atoms with Crippen LogP contribution in [0.1, 0.15) is 34.1 Å². The lowest BCUT2D eigenvalue weighted by atomic mass is 10.2. The van der Waals surface area contributed by atoms with Gasteiger partial charge in [0.25, 0.3) is 0 Å². The maximum absolute atomic E-state index is 11.9. The summed E-state index contributed by atoms with van der Waals surface area (Å²) in [6, 6.07) is -0.444. The van der Waals surface area contributed by atoms with Crippen molar-refractivity contribution in [3.8, 4) is 5.88 Å². The van der Waals surface area contributed by atoms with Crippen LogP contribution in [0.15, 0.2) is 6.33 Å². The molecule has 0 saturated carbocycles. The molecular formula is C14H25N5O2. The van der Waals surface area contributed by atoms with E-state index in [1.54, 1.807) is 6.92 Å². The highest BCUT2D eigenvalue weighted by Crippen LogP contribution is 2.25. The van der Waals surface area contributed by atoms with Crippen molar-refractivity contribution in [1.82, 2.24) is 15.3 Å². The molecule has 0 aliphatic heterocycles. The van der Waals surface area contributed by atoms with Gasteiger partial charge in [-0.25, -0.2) is 4.98 Å². The molecule has 0 aliphatic rings. The van der Waals surface area contributed by atoms with E-state index in [0.717, 1.165) is 6.42 Å². The Bertz CT molecular complexity index is 465. The average molecular weight is 295 g/mol. The Balaban J connectivity index is 2.67. The van der Waals surface area contributed by atoms with Crippen LogP contribution >= 0.6 is 0 Å². The van der Waals surface area contributed by atoms with E-state index in [2.05, 4.69) is 20.6 Å². The number of nitrogens with two attached hydrogens (primary N) is 1. The van der Waals surface area contributed by atoms with Gasteiger partial charge >= 0.3 is 0 Å². The van der Waals surface area contributed by atoms with Crippen molar-refractivity contribution in [3.63, 3.8) is 0 Å². The summed E-state index contributed by atoms with van der Waals surface area (Å²) in [5.41, 5.74) is 6.26. The smallest absolute Gasteiger partial charge is 0.242 e. The minimum absolute atomic E-state index is 0.0993. The standard InChI is InChI=1S/C14H25N5O2/c1-5-6-21-14-11(15)12(17-8-18-14)19-10(4)13(20)16-7-9(2)3/h8-10H,5-7,15H2,1-4H3,(H,16,20)(H,17,18,19). The molecule has 1 unspecified atom stereocenters. The van der Waals surface area contributed by atoms with Crippen LogP contribution in [0.5, 0.6) is 5.88 Å². The Morgan fingerprint density at radius 2 is 2.10 bits per heavy atom. The summed E-state index contributed by atoms with van der Waals surface area (Å²) in [6.07, 6.45) is 2.22. The van der Waals surface area contributed by atoms with Gasteiger partial charge in [0, 0.05) is 6.54 Å². The molecule has 1 atom stereocenters. The van der Waals surface area contributed by atoms with E-state index in [9.17, 15) is 4.79 Å². The Hall–Kier alpha value is -2.05. The number of nitrogen functional groups attached to an aromatic ring is 1. The van der Waals surface area contributed by atoms with E-state index in [1.165, 1.54) is 6.33 Å². The SMILES string of the molecule is CCCOc1ncnc(NC(C)C(=O)NCC(C)C)c1N. The van der Waals surface area contributed by atoms with Crippen molar-refractivity contribution >= 4 is 17.4 Å². The summed E-state index contributed by atoms with van der Waals surface area (Å²) in [7, 11) is 0. The number of ether oxygens (including phenoxy) is 1.